The SMILES string of the molecule is CCS(=O)(=O)c1cc(N=C2CCCCC2)c2c(c1)nc(C(C)C)n2C. The summed E-state index contributed by atoms with van der Waals surface area (Å²) >= 11 is 0. The van der Waals surface area contributed by atoms with Crippen molar-refractivity contribution in [2.75, 3.05) is 5.75 Å². The number of aryl methyl sites for hydroxylation is 1. The molecule has 1 aliphatic carbocycles. The lowest BCUT2D eigenvalue weighted by Gasteiger charge is -2.13. The van der Waals surface area contributed by atoms with E-state index >= 15 is 0 Å². The molecule has 0 saturated heterocycles. The number of fused-ring (bicyclic) bond motifs is 1. The molecule has 0 amide bonds. The van der Waals surface area contributed by atoms with E-state index in [4.69, 9.17) is 9.98 Å². The van der Waals surface area contributed by atoms with Gasteiger partial charge in [0.2, 0.25) is 0 Å². The number of aromatic nitrogens is 2. The monoisotopic (exact) mass is 361 g/mol. The maximum Gasteiger partial charge on any atom is 0.178 e. The summed E-state index contributed by atoms with van der Waals surface area (Å²) < 4.78 is 26.9. The average Bonchev–Trinajstić information content (AvgIpc) is 2.93. The second-order valence-corrected chi connectivity index (χ2v) is 9.41. The Labute approximate surface area is 150 Å². The van der Waals surface area contributed by atoms with Gasteiger partial charge in [-0.1, -0.05) is 27.2 Å². The molecule has 0 N–H and O–H groups in total. The van der Waals surface area contributed by atoms with Gasteiger partial charge in [-0.05, 0) is 37.8 Å². The number of nitrogens with zero attached hydrogens (tertiary/aromatic N) is 3. The van der Waals surface area contributed by atoms with Crippen molar-refractivity contribution in [1.29, 1.82) is 0 Å². The van der Waals surface area contributed by atoms with Crippen LogP contribution >= 0.6 is 0 Å². The van der Waals surface area contributed by atoms with Crippen molar-refractivity contribution in [1.82, 2.24) is 9.55 Å². The van der Waals surface area contributed by atoms with E-state index in [1.807, 2.05) is 7.05 Å². The van der Waals surface area contributed by atoms with Crippen molar-refractivity contribution in [2.24, 2.45) is 12.0 Å². The molecule has 1 aromatic heterocycles. The molecule has 6 heteroatoms. The minimum atomic E-state index is -3.30. The Morgan fingerprint density at radius 3 is 2.48 bits per heavy atom. The smallest absolute Gasteiger partial charge is 0.178 e. The van der Waals surface area contributed by atoms with Crippen LogP contribution in [0.25, 0.3) is 11.0 Å². The molecular formula is C19H27N3O2S. The van der Waals surface area contributed by atoms with Crippen molar-refractivity contribution in [3.63, 3.8) is 0 Å². The van der Waals surface area contributed by atoms with E-state index in [1.165, 1.54) is 12.1 Å². The molecule has 3 rings (SSSR count). The highest BCUT2D eigenvalue weighted by atomic mass is 32.2. The highest BCUT2D eigenvalue weighted by Gasteiger charge is 2.20. The van der Waals surface area contributed by atoms with Gasteiger partial charge in [0.05, 0.1) is 27.4 Å². The summed E-state index contributed by atoms with van der Waals surface area (Å²) in [4.78, 5) is 9.91. The number of hydrogen-bond acceptors (Lipinski definition) is 4. The van der Waals surface area contributed by atoms with Gasteiger partial charge < -0.3 is 4.57 Å². The molecule has 0 spiro atoms. The Morgan fingerprint density at radius 1 is 1.20 bits per heavy atom. The molecule has 1 heterocycles. The number of rotatable bonds is 4. The van der Waals surface area contributed by atoms with Crippen LogP contribution in [-0.4, -0.2) is 29.4 Å². The number of benzene rings is 1. The standard InChI is InChI=1S/C19H27N3O2S/c1-5-25(23,24)15-11-16(20-14-9-7-6-8-10-14)18-17(12-15)21-19(13(2)3)22(18)4/h11-13H,5-10H2,1-4H3. The van der Waals surface area contributed by atoms with Crippen molar-refractivity contribution in [2.45, 2.75) is 63.7 Å². The number of imidazole rings is 1. The second-order valence-electron chi connectivity index (χ2n) is 7.14. The summed E-state index contributed by atoms with van der Waals surface area (Å²) in [5, 5.41) is 0. The third-order valence-corrected chi connectivity index (χ3v) is 6.64. The normalized spacial score (nSPS) is 16.0. The Hall–Kier alpha value is -1.69. The molecule has 2 aromatic rings. The lowest BCUT2D eigenvalue weighted by atomic mass is 9.98. The molecular weight excluding hydrogens is 334 g/mol. The zero-order chi connectivity index (χ0) is 18.2. The highest BCUT2D eigenvalue weighted by molar-refractivity contribution is 7.91. The predicted octanol–water partition coefficient (Wildman–Crippen LogP) is 4.53. The minimum Gasteiger partial charge on any atom is -0.329 e. The molecule has 0 radical (unpaired) electrons. The van der Waals surface area contributed by atoms with Gasteiger partial charge in [-0.15, -0.1) is 0 Å². The summed E-state index contributed by atoms with van der Waals surface area (Å²) in [7, 11) is -1.31. The molecule has 0 bridgehead atoms. The Morgan fingerprint density at radius 2 is 1.88 bits per heavy atom. The van der Waals surface area contributed by atoms with Crippen LogP contribution in [0.2, 0.25) is 0 Å². The van der Waals surface area contributed by atoms with Gasteiger partial charge in [-0.2, -0.15) is 0 Å². The summed E-state index contributed by atoms with van der Waals surface area (Å²) in [5.74, 6) is 1.29. The second kappa shape index (κ2) is 6.90. The zero-order valence-electron chi connectivity index (χ0n) is 15.5. The molecule has 0 aliphatic heterocycles. The van der Waals surface area contributed by atoms with E-state index in [-0.39, 0.29) is 11.7 Å². The van der Waals surface area contributed by atoms with Gasteiger partial charge in [0.15, 0.2) is 9.84 Å². The molecule has 5 nitrogen and oxygen atoms in total. The summed E-state index contributed by atoms with van der Waals surface area (Å²) in [6, 6.07) is 3.43. The maximum absolute atomic E-state index is 12.4. The first-order valence-corrected chi connectivity index (χ1v) is 10.8. The summed E-state index contributed by atoms with van der Waals surface area (Å²) in [6.45, 7) is 5.86. The number of hydrogen-bond donors (Lipinski definition) is 0. The van der Waals surface area contributed by atoms with Crippen LogP contribution in [0, 0.1) is 0 Å². The third-order valence-electron chi connectivity index (χ3n) is 4.92. The predicted molar refractivity (Wildman–Crippen MR) is 103 cm³/mol. The van der Waals surface area contributed by atoms with E-state index in [1.54, 1.807) is 19.1 Å². The van der Waals surface area contributed by atoms with Crippen LogP contribution in [-0.2, 0) is 16.9 Å². The van der Waals surface area contributed by atoms with Crippen molar-refractivity contribution in [3.05, 3.63) is 18.0 Å². The van der Waals surface area contributed by atoms with Crippen molar-refractivity contribution >= 4 is 32.3 Å². The molecule has 1 aromatic carbocycles. The van der Waals surface area contributed by atoms with Crippen LogP contribution in [0.4, 0.5) is 5.69 Å². The van der Waals surface area contributed by atoms with Gasteiger partial charge in [0.1, 0.15) is 5.82 Å². The van der Waals surface area contributed by atoms with E-state index < -0.39 is 9.84 Å². The van der Waals surface area contributed by atoms with Gasteiger partial charge in [-0.3, -0.25) is 4.99 Å². The lowest BCUT2D eigenvalue weighted by molar-refractivity contribution is 0.597. The van der Waals surface area contributed by atoms with Crippen LogP contribution in [0.1, 0.15) is 64.6 Å². The molecule has 25 heavy (non-hydrogen) atoms. The first-order chi connectivity index (χ1) is 11.8. The van der Waals surface area contributed by atoms with Crippen LogP contribution in [0.15, 0.2) is 22.0 Å². The van der Waals surface area contributed by atoms with Crippen LogP contribution in [0.3, 0.4) is 0 Å². The highest BCUT2D eigenvalue weighted by Crippen LogP contribution is 2.33. The molecule has 0 unspecified atom stereocenters. The fraction of sp³-hybridized carbons (Fsp3) is 0.579. The van der Waals surface area contributed by atoms with Crippen molar-refractivity contribution < 1.29 is 8.42 Å². The number of aliphatic imine (C=N–C) groups is 1. The Kier molecular flexibility index (Phi) is 5.00. The van der Waals surface area contributed by atoms with Crippen LogP contribution in [0.5, 0.6) is 0 Å². The van der Waals surface area contributed by atoms with E-state index in [0.29, 0.717) is 4.90 Å². The first kappa shape index (κ1) is 18.1. The lowest BCUT2D eigenvalue weighted by Crippen LogP contribution is -2.06. The van der Waals surface area contributed by atoms with Gasteiger partial charge in [-0.25, -0.2) is 13.4 Å². The van der Waals surface area contributed by atoms with Gasteiger partial charge in [0.25, 0.3) is 0 Å². The summed E-state index contributed by atoms with van der Waals surface area (Å²) in [5.41, 5.74) is 3.56. The maximum atomic E-state index is 12.4. The topological polar surface area (TPSA) is 64.3 Å². The fourth-order valence-corrected chi connectivity index (χ4v) is 4.43. The van der Waals surface area contributed by atoms with E-state index in [9.17, 15) is 8.42 Å². The zero-order valence-corrected chi connectivity index (χ0v) is 16.4. The largest absolute Gasteiger partial charge is 0.329 e. The summed E-state index contributed by atoms with van der Waals surface area (Å²) in [6.07, 6.45) is 5.58. The van der Waals surface area contributed by atoms with Crippen molar-refractivity contribution in [3.8, 4) is 0 Å². The Bertz CT molecular complexity index is 916. The fourth-order valence-electron chi connectivity index (χ4n) is 3.51. The third kappa shape index (κ3) is 3.50. The van der Waals surface area contributed by atoms with E-state index in [0.717, 1.165) is 48.2 Å². The minimum absolute atomic E-state index is 0.0817. The molecule has 136 valence electrons. The average molecular weight is 362 g/mol. The Balaban J connectivity index is 2.27. The quantitative estimate of drug-likeness (QED) is 0.804. The van der Waals surface area contributed by atoms with Crippen LogP contribution < -0.4 is 0 Å². The molecule has 0 atom stereocenters. The number of sulfone groups is 1. The first-order valence-electron chi connectivity index (χ1n) is 9.13. The molecule has 1 aliphatic rings. The molecule has 1 saturated carbocycles. The van der Waals surface area contributed by atoms with E-state index in [2.05, 4.69) is 18.4 Å². The molecule has 1 fully saturated rings. The van der Waals surface area contributed by atoms with Gasteiger partial charge >= 0.3 is 0 Å². The van der Waals surface area contributed by atoms with Gasteiger partial charge in [0, 0.05) is 18.7 Å².